The van der Waals surface area contributed by atoms with Crippen LogP contribution in [0.3, 0.4) is 0 Å². The van der Waals surface area contributed by atoms with Gasteiger partial charge in [0.05, 0.1) is 6.20 Å². The van der Waals surface area contributed by atoms with Crippen molar-refractivity contribution in [1.82, 2.24) is 15.0 Å². The van der Waals surface area contributed by atoms with Gasteiger partial charge in [-0.1, -0.05) is 0 Å². The molecule has 0 bridgehead atoms. The molecule has 0 unspecified atom stereocenters. The van der Waals surface area contributed by atoms with E-state index in [1.165, 1.54) is 11.3 Å². The molecule has 22 heavy (non-hydrogen) atoms. The molecule has 3 rings (SSSR count). The molecule has 7 nitrogen and oxygen atoms in total. The molecule has 118 valence electrons. The topological polar surface area (TPSA) is 119 Å². The molecule has 0 fully saturated rings. The highest BCUT2D eigenvalue weighted by Crippen LogP contribution is 2.30. The number of guanidine groups is 1. The second-order valence-electron chi connectivity index (χ2n) is 4.10. The van der Waals surface area contributed by atoms with Crippen molar-refractivity contribution in [2.75, 3.05) is 0 Å². The number of nitrogens with zero attached hydrogens (tertiary/aromatic N) is 3. The summed E-state index contributed by atoms with van der Waals surface area (Å²) in [6, 6.07) is 3.71. The number of H-pyrrole nitrogens is 1. The molecule has 5 N–H and O–H groups in total. The molecule has 0 spiro atoms. The Kier molecular flexibility index (Phi) is 5.98. The normalized spacial score (nSPS) is 9.68. The maximum absolute atomic E-state index is 5.75. The quantitative estimate of drug-likeness (QED) is 0.489. The van der Waals surface area contributed by atoms with Crippen LogP contribution in [0.2, 0.25) is 0 Å². The summed E-state index contributed by atoms with van der Waals surface area (Å²) in [6.45, 7) is 1.88. The average molecular weight is 361 g/mol. The SMILES string of the molecule is Cc1ncc(-c2ccc(-c3csc(N=C(N)N)n3)o2)[nH]1.Cl.Cl. The summed E-state index contributed by atoms with van der Waals surface area (Å²) in [4.78, 5) is 15.4. The number of imidazole rings is 1. The molecule has 0 aliphatic rings. The van der Waals surface area contributed by atoms with Crippen molar-refractivity contribution in [1.29, 1.82) is 0 Å². The van der Waals surface area contributed by atoms with E-state index in [-0.39, 0.29) is 30.8 Å². The molecule has 0 radical (unpaired) electrons. The van der Waals surface area contributed by atoms with Crippen LogP contribution >= 0.6 is 36.2 Å². The second-order valence-corrected chi connectivity index (χ2v) is 4.93. The zero-order valence-corrected chi connectivity index (χ0v) is 13.9. The summed E-state index contributed by atoms with van der Waals surface area (Å²) in [6.07, 6.45) is 1.73. The van der Waals surface area contributed by atoms with E-state index in [1.54, 1.807) is 6.20 Å². The van der Waals surface area contributed by atoms with Gasteiger partial charge in [-0.3, -0.25) is 0 Å². The lowest BCUT2D eigenvalue weighted by molar-refractivity contribution is 0.593. The molecule has 3 heterocycles. The first-order valence-electron chi connectivity index (χ1n) is 5.79. The number of hydrogen-bond donors (Lipinski definition) is 3. The third-order valence-electron chi connectivity index (χ3n) is 2.54. The third kappa shape index (κ3) is 3.79. The molecule has 0 aliphatic heterocycles. The molecule has 0 atom stereocenters. The van der Waals surface area contributed by atoms with Crippen molar-refractivity contribution in [3.05, 3.63) is 29.5 Å². The van der Waals surface area contributed by atoms with Gasteiger partial charge in [-0.2, -0.15) is 4.99 Å². The Morgan fingerprint density at radius 2 is 2.00 bits per heavy atom. The largest absolute Gasteiger partial charge is 0.453 e. The van der Waals surface area contributed by atoms with Crippen molar-refractivity contribution < 1.29 is 4.42 Å². The van der Waals surface area contributed by atoms with Crippen LogP contribution in [-0.2, 0) is 0 Å². The van der Waals surface area contributed by atoms with Gasteiger partial charge in [-0.05, 0) is 19.1 Å². The summed E-state index contributed by atoms with van der Waals surface area (Å²) in [5.41, 5.74) is 12.1. The Hall–Kier alpha value is -2.03. The van der Waals surface area contributed by atoms with Crippen LogP contribution in [-0.4, -0.2) is 20.9 Å². The van der Waals surface area contributed by atoms with E-state index in [9.17, 15) is 0 Å². The van der Waals surface area contributed by atoms with Gasteiger partial charge in [0.2, 0.25) is 5.13 Å². The summed E-state index contributed by atoms with van der Waals surface area (Å²) in [7, 11) is 0. The first-order valence-corrected chi connectivity index (χ1v) is 6.67. The standard InChI is InChI=1S/C12H12N6OS.2ClH/c1-6-15-4-7(16-6)9-2-3-10(19-9)8-5-20-12(17-8)18-11(13)14;;/h2-5H,1H3,(H,15,16)(H4,13,14,17,18);2*1H. The molecule has 0 saturated carbocycles. The number of aryl methyl sites for hydroxylation is 1. The van der Waals surface area contributed by atoms with Gasteiger partial charge in [0.15, 0.2) is 17.5 Å². The molecule has 0 saturated heterocycles. The van der Waals surface area contributed by atoms with E-state index in [0.717, 1.165) is 11.5 Å². The van der Waals surface area contributed by atoms with Crippen molar-refractivity contribution >= 4 is 47.2 Å². The lowest BCUT2D eigenvalue weighted by atomic mass is 10.3. The molecule has 0 aliphatic carbocycles. The van der Waals surface area contributed by atoms with E-state index in [4.69, 9.17) is 15.9 Å². The number of halogens is 2. The number of aromatic amines is 1. The number of nitrogens with one attached hydrogen (secondary N) is 1. The van der Waals surface area contributed by atoms with Crippen molar-refractivity contribution in [2.24, 2.45) is 16.5 Å². The lowest BCUT2D eigenvalue weighted by Crippen LogP contribution is -2.21. The highest BCUT2D eigenvalue weighted by atomic mass is 35.5. The number of rotatable bonds is 3. The van der Waals surface area contributed by atoms with Gasteiger partial charge in [0.1, 0.15) is 17.2 Å². The Balaban J connectivity index is 0.00000121. The average Bonchev–Trinajstić information content (AvgIpc) is 3.06. The second kappa shape index (κ2) is 7.30. The maximum atomic E-state index is 5.75. The highest BCUT2D eigenvalue weighted by molar-refractivity contribution is 7.13. The molecule has 10 heteroatoms. The van der Waals surface area contributed by atoms with Crippen molar-refractivity contribution in [3.8, 4) is 22.9 Å². The smallest absolute Gasteiger partial charge is 0.212 e. The monoisotopic (exact) mass is 360 g/mol. The van der Waals surface area contributed by atoms with Gasteiger partial charge in [-0.15, -0.1) is 36.2 Å². The summed E-state index contributed by atoms with van der Waals surface area (Å²) >= 11 is 1.34. The molecule has 3 aromatic heterocycles. The first kappa shape index (κ1) is 18.0. The van der Waals surface area contributed by atoms with Gasteiger partial charge >= 0.3 is 0 Å². The van der Waals surface area contributed by atoms with Crippen LogP contribution in [0.15, 0.2) is 33.1 Å². The van der Waals surface area contributed by atoms with Crippen LogP contribution in [0.25, 0.3) is 22.9 Å². The Morgan fingerprint density at radius 1 is 1.27 bits per heavy atom. The zero-order chi connectivity index (χ0) is 14.1. The zero-order valence-electron chi connectivity index (χ0n) is 11.4. The van der Waals surface area contributed by atoms with E-state index < -0.39 is 0 Å². The number of aromatic nitrogens is 3. The van der Waals surface area contributed by atoms with E-state index >= 15 is 0 Å². The third-order valence-corrected chi connectivity index (χ3v) is 3.28. The predicted octanol–water partition coefficient (Wildman–Crippen LogP) is 2.85. The van der Waals surface area contributed by atoms with Crippen molar-refractivity contribution in [2.45, 2.75) is 6.92 Å². The fraction of sp³-hybridized carbons (Fsp3) is 0.0833. The van der Waals surface area contributed by atoms with E-state index in [0.29, 0.717) is 22.3 Å². The van der Waals surface area contributed by atoms with E-state index in [2.05, 4.69) is 19.9 Å². The Morgan fingerprint density at radius 3 is 2.64 bits per heavy atom. The minimum absolute atomic E-state index is 0. The van der Waals surface area contributed by atoms with Crippen LogP contribution in [0, 0.1) is 6.92 Å². The Labute approximate surface area is 142 Å². The molecular formula is C12H14Cl2N6OS. The van der Waals surface area contributed by atoms with E-state index in [1.807, 2.05) is 24.4 Å². The molecule has 3 aromatic rings. The van der Waals surface area contributed by atoms with Gasteiger partial charge in [0.25, 0.3) is 0 Å². The number of aliphatic imine (C=N–C) groups is 1. The summed E-state index contributed by atoms with van der Waals surface area (Å²) in [5.74, 6) is 2.18. The summed E-state index contributed by atoms with van der Waals surface area (Å²) in [5, 5.41) is 2.33. The molecular weight excluding hydrogens is 347 g/mol. The maximum Gasteiger partial charge on any atom is 0.212 e. The van der Waals surface area contributed by atoms with Crippen LogP contribution < -0.4 is 11.5 Å². The minimum Gasteiger partial charge on any atom is -0.453 e. The highest BCUT2D eigenvalue weighted by Gasteiger charge is 2.11. The predicted molar refractivity (Wildman–Crippen MR) is 92.1 cm³/mol. The lowest BCUT2D eigenvalue weighted by Gasteiger charge is -1.91. The van der Waals surface area contributed by atoms with Gasteiger partial charge < -0.3 is 20.9 Å². The van der Waals surface area contributed by atoms with Gasteiger partial charge in [-0.25, -0.2) is 9.97 Å². The fourth-order valence-corrected chi connectivity index (χ4v) is 2.40. The fourth-order valence-electron chi connectivity index (χ4n) is 1.71. The first-order chi connectivity index (χ1) is 9.61. The number of thiazole rings is 1. The number of furan rings is 1. The van der Waals surface area contributed by atoms with Crippen LogP contribution in [0.5, 0.6) is 0 Å². The minimum atomic E-state index is -0.0148. The summed E-state index contributed by atoms with van der Waals surface area (Å²) < 4.78 is 5.75. The molecule has 0 aromatic carbocycles. The van der Waals surface area contributed by atoms with Gasteiger partial charge in [0, 0.05) is 5.38 Å². The van der Waals surface area contributed by atoms with Crippen LogP contribution in [0.4, 0.5) is 5.13 Å². The van der Waals surface area contributed by atoms with Crippen LogP contribution in [0.1, 0.15) is 5.82 Å². The Bertz CT molecular complexity index is 774. The molecule has 0 amide bonds. The number of nitrogens with two attached hydrogens (primary N) is 2. The number of hydrogen-bond acceptors (Lipinski definition) is 5. The van der Waals surface area contributed by atoms with Crippen molar-refractivity contribution in [3.63, 3.8) is 0 Å².